The lowest BCUT2D eigenvalue weighted by molar-refractivity contribution is 0.0981. The Kier molecular flexibility index (Phi) is 4.75. The minimum absolute atomic E-state index is 0.0254. The van der Waals surface area contributed by atoms with Crippen LogP contribution in [0.3, 0.4) is 0 Å². The van der Waals surface area contributed by atoms with Crippen LogP contribution >= 0.6 is 0 Å². The molecule has 5 heteroatoms. The topological polar surface area (TPSA) is 63.2 Å². The van der Waals surface area contributed by atoms with Crippen LogP contribution in [0.5, 0.6) is 0 Å². The highest BCUT2D eigenvalue weighted by Crippen LogP contribution is 2.17. The fourth-order valence-corrected chi connectivity index (χ4v) is 2.97. The predicted molar refractivity (Wildman–Crippen MR) is 82.9 cm³/mol. The molecule has 0 heterocycles. The standard InChI is InChI=1S/C16H17NO3S/c1-2-6-16(18)13-9-11-15(12-10-13)21(19,20)17-14-7-4-3-5-8-14/h3-5,7-12,17H,2,6H2,1H3. The molecule has 0 aromatic heterocycles. The van der Waals surface area contributed by atoms with Crippen molar-refractivity contribution in [3.8, 4) is 0 Å². The molecule has 1 N–H and O–H groups in total. The third kappa shape index (κ3) is 3.92. The van der Waals surface area contributed by atoms with Gasteiger partial charge in [0, 0.05) is 17.7 Å². The number of nitrogens with one attached hydrogen (secondary N) is 1. The second-order valence-electron chi connectivity index (χ2n) is 4.67. The Hall–Kier alpha value is -2.14. The molecule has 2 aromatic rings. The second kappa shape index (κ2) is 6.54. The lowest BCUT2D eigenvalue weighted by Gasteiger charge is -2.08. The highest BCUT2D eigenvalue weighted by molar-refractivity contribution is 7.92. The molecule has 0 aliphatic heterocycles. The molecule has 0 spiro atoms. The first kappa shape index (κ1) is 15.3. The Morgan fingerprint density at radius 1 is 1.00 bits per heavy atom. The van der Waals surface area contributed by atoms with Crippen molar-refractivity contribution >= 4 is 21.5 Å². The van der Waals surface area contributed by atoms with E-state index in [9.17, 15) is 13.2 Å². The molecule has 21 heavy (non-hydrogen) atoms. The Morgan fingerprint density at radius 2 is 1.62 bits per heavy atom. The highest BCUT2D eigenvalue weighted by Gasteiger charge is 2.14. The lowest BCUT2D eigenvalue weighted by atomic mass is 10.1. The van der Waals surface area contributed by atoms with Gasteiger partial charge in [-0.2, -0.15) is 0 Å². The summed E-state index contributed by atoms with van der Waals surface area (Å²) >= 11 is 0. The minimum Gasteiger partial charge on any atom is -0.294 e. The molecule has 110 valence electrons. The monoisotopic (exact) mass is 303 g/mol. The molecule has 4 nitrogen and oxygen atoms in total. The van der Waals surface area contributed by atoms with Crippen molar-refractivity contribution < 1.29 is 13.2 Å². The van der Waals surface area contributed by atoms with Gasteiger partial charge in [-0.1, -0.05) is 37.3 Å². The molecule has 2 aromatic carbocycles. The normalized spacial score (nSPS) is 11.1. The molecule has 0 unspecified atom stereocenters. The number of Topliss-reactive ketones (excluding diaryl/α,β-unsaturated/α-hetero) is 1. The van der Waals surface area contributed by atoms with E-state index in [0.717, 1.165) is 6.42 Å². The van der Waals surface area contributed by atoms with Crippen LogP contribution in [0.25, 0.3) is 0 Å². The van der Waals surface area contributed by atoms with Gasteiger partial charge >= 0.3 is 0 Å². The van der Waals surface area contributed by atoms with Crippen LogP contribution in [-0.4, -0.2) is 14.2 Å². The summed E-state index contributed by atoms with van der Waals surface area (Å²) in [7, 11) is -3.63. The molecule has 0 aliphatic rings. The zero-order chi connectivity index (χ0) is 15.3. The van der Waals surface area contributed by atoms with Gasteiger partial charge in [-0.15, -0.1) is 0 Å². The van der Waals surface area contributed by atoms with E-state index in [1.807, 2.05) is 13.0 Å². The molecule has 0 bridgehead atoms. The summed E-state index contributed by atoms with van der Waals surface area (Å²) in [5.74, 6) is 0.0254. The Labute approximate surface area is 124 Å². The highest BCUT2D eigenvalue weighted by atomic mass is 32.2. The van der Waals surface area contributed by atoms with Crippen LogP contribution < -0.4 is 4.72 Å². The van der Waals surface area contributed by atoms with Gasteiger partial charge in [0.2, 0.25) is 0 Å². The van der Waals surface area contributed by atoms with E-state index in [0.29, 0.717) is 17.7 Å². The molecule has 0 fully saturated rings. The van der Waals surface area contributed by atoms with Crippen molar-refractivity contribution in [2.45, 2.75) is 24.7 Å². The summed E-state index contributed by atoms with van der Waals surface area (Å²) in [5, 5.41) is 0. The zero-order valence-corrected chi connectivity index (χ0v) is 12.6. The van der Waals surface area contributed by atoms with Crippen LogP contribution in [0.15, 0.2) is 59.5 Å². The Balaban J connectivity index is 2.19. The van der Waals surface area contributed by atoms with Gasteiger partial charge in [0.15, 0.2) is 5.78 Å². The number of para-hydroxylation sites is 1. The van der Waals surface area contributed by atoms with Gasteiger partial charge < -0.3 is 0 Å². The van der Waals surface area contributed by atoms with Crippen LogP contribution in [0, 0.1) is 0 Å². The number of carbonyl (C=O) groups excluding carboxylic acids is 1. The minimum atomic E-state index is -3.63. The number of hydrogen-bond acceptors (Lipinski definition) is 3. The van der Waals surface area contributed by atoms with Crippen LogP contribution in [-0.2, 0) is 10.0 Å². The molecular weight excluding hydrogens is 286 g/mol. The fourth-order valence-electron chi connectivity index (χ4n) is 1.91. The van der Waals surface area contributed by atoms with E-state index in [1.165, 1.54) is 12.1 Å². The van der Waals surface area contributed by atoms with Gasteiger partial charge in [-0.05, 0) is 30.7 Å². The summed E-state index contributed by atoms with van der Waals surface area (Å²) in [6.07, 6.45) is 1.24. The smallest absolute Gasteiger partial charge is 0.261 e. The van der Waals surface area contributed by atoms with Crippen molar-refractivity contribution in [2.24, 2.45) is 0 Å². The maximum atomic E-state index is 12.2. The number of hydrogen-bond donors (Lipinski definition) is 1. The first-order valence-electron chi connectivity index (χ1n) is 6.74. The molecule has 0 saturated carbocycles. The summed E-state index contributed by atoms with van der Waals surface area (Å²) in [4.78, 5) is 11.9. The summed E-state index contributed by atoms with van der Waals surface area (Å²) < 4.78 is 26.9. The van der Waals surface area contributed by atoms with E-state index >= 15 is 0 Å². The van der Waals surface area contributed by atoms with Gasteiger partial charge in [0.1, 0.15) is 0 Å². The number of sulfonamides is 1. The van der Waals surface area contributed by atoms with E-state index in [2.05, 4.69) is 4.72 Å². The van der Waals surface area contributed by atoms with Crippen LogP contribution in [0.4, 0.5) is 5.69 Å². The van der Waals surface area contributed by atoms with Crippen molar-refractivity contribution in [1.82, 2.24) is 0 Å². The Morgan fingerprint density at radius 3 is 2.19 bits per heavy atom. The van der Waals surface area contributed by atoms with Crippen molar-refractivity contribution in [3.05, 3.63) is 60.2 Å². The maximum Gasteiger partial charge on any atom is 0.261 e. The first-order chi connectivity index (χ1) is 10.0. The number of anilines is 1. The van der Waals surface area contributed by atoms with Crippen LogP contribution in [0.1, 0.15) is 30.1 Å². The van der Waals surface area contributed by atoms with Gasteiger partial charge in [-0.3, -0.25) is 9.52 Å². The van der Waals surface area contributed by atoms with E-state index in [4.69, 9.17) is 0 Å². The molecule has 0 amide bonds. The second-order valence-corrected chi connectivity index (χ2v) is 6.35. The third-order valence-corrected chi connectivity index (χ3v) is 4.39. The number of ketones is 1. The number of benzene rings is 2. The van der Waals surface area contributed by atoms with Crippen molar-refractivity contribution in [1.29, 1.82) is 0 Å². The third-order valence-electron chi connectivity index (χ3n) is 2.99. The van der Waals surface area contributed by atoms with Gasteiger partial charge in [-0.25, -0.2) is 8.42 Å². The van der Waals surface area contributed by atoms with E-state index < -0.39 is 10.0 Å². The number of carbonyl (C=O) groups is 1. The quantitative estimate of drug-likeness (QED) is 0.831. The SMILES string of the molecule is CCCC(=O)c1ccc(S(=O)(=O)Nc2ccccc2)cc1. The molecule has 0 saturated heterocycles. The molecular formula is C16H17NO3S. The van der Waals surface area contributed by atoms with E-state index in [1.54, 1.807) is 36.4 Å². The Bertz CT molecular complexity index is 707. The average Bonchev–Trinajstić information content (AvgIpc) is 2.48. The fraction of sp³-hybridized carbons (Fsp3) is 0.188. The maximum absolute atomic E-state index is 12.2. The molecule has 2 rings (SSSR count). The molecule has 0 radical (unpaired) electrons. The molecule has 0 atom stereocenters. The predicted octanol–water partition coefficient (Wildman–Crippen LogP) is 3.47. The van der Waals surface area contributed by atoms with Crippen LogP contribution in [0.2, 0.25) is 0 Å². The lowest BCUT2D eigenvalue weighted by Crippen LogP contribution is -2.13. The van der Waals surface area contributed by atoms with Crippen molar-refractivity contribution in [2.75, 3.05) is 4.72 Å². The number of rotatable bonds is 6. The first-order valence-corrected chi connectivity index (χ1v) is 8.22. The van der Waals surface area contributed by atoms with E-state index in [-0.39, 0.29) is 10.7 Å². The van der Waals surface area contributed by atoms with Gasteiger partial charge in [0.05, 0.1) is 4.90 Å². The largest absolute Gasteiger partial charge is 0.294 e. The van der Waals surface area contributed by atoms with Gasteiger partial charge in [0.25, 0.3) is 10.0 Å². The average molecular weight is 303 g/mol. The molecule has 0 aliphatic carbocycles. The summed E-state index contributed by atoms with van der Waals surface area (Å²) in [6, 6.07) is 14.7. The summed E-state index contributed by atoms with van der Waals surface area (Å²) in [6.45, 7) is 1.93. The summed E-state index contributed by atoms with van der Waals surface area (Å²) in [5.41, 5.74) is 1.04. The van der Waals surface area contributed by atoms with Crippen molar-refractivity contribution in [3.63, 3.8) is 0 Å². The zero-order valence-electron chi connectivity index (χ0n) is 11.7.